The number of imidazole rings is 1. The lowest BCUT2D eigenvalue weighted by atomic mass is 10.2. The molecule has 3 aromatic heterocycles. The van der Waals surface area contributed by atoms with Gasteiger partial charge in [-0.2, -0.15) is 8.78 Å². The SMILES string of the molecule is Cc1nc(Br)cn1Cc1ccc(-c2nnc(C(F)F)o2)cn1. The zero-order valence-electron chi connectivity index (χ0n) is 11.4. The standard InChI is InChI=1S/C13H10BrF2N5O/c1-7-18-10(14)6-21(7)5-9-3-2-8(4-17-9)12-19-20-13(22-12)11(15)16/h2-4,6,11H,5H2,1H3. The topological polar surface area (TPSA) is 69.6 Å². The summed E-state index contributed by atoms with van der Waals surface area (Å²) in [6, 6.07) is 3.47. The molecule has 0 bridgehead atoms. The number of aromatic nitrogens is 5. The van der Waals surface area contributed by atoms with E-state index >= 15 is 0 Å². The quantitative estimate of drug-likeness (QED) is 0.704. The fraction of sp³-hybridized carbons (Fsp3) is 0.231. The number of halogens is 3. The van der Waals surface area contributed by atoms with E-state index in [1.807, 2.05) is 17.7 Å². The molecule has 9 heteroatoms. The second kappa shape index (κ2) is 5.91. The molecule has 3 heterocycles. The summed E-state index contributed by atoms with van der Waals surface area (Å²) in [7, 11) is 0. The smallest absolute Gasteiger partial charge is 0.314 e. The average molecular weight is 370 g/mol. The minimum Gasteiger partial charge on any atom is -0.415 e. The van der Waals surface area contributed by atoms with Gasteiger partial charge in [-0.15, -0.1) is 10.2 Å². The maximum atomic E-state index is 12.4. The molecule has 3 rings (SSSR count). The van der Waals surface area contributed by atoms with E-state index in [4.69, 9.17) is 4.42 Å². The van der Waals surface area contributed by atoms with Gasteiger partial charge in [-0.1, -0.05) is 0 Å². The number of alkyl halides is 2. The second-order valence-corrected chi connectivity index (χ2v) is 5.34. The van der Waals surface area contributed by atoms with E-state index in [0.29, 0.717) is 12.1 Å². The minimum atomic E-state index is -2.78. The first-order valence-corrected chi connectivity index (χ1v) is 7.08. The van der Waals surface area contributed by atoms with Crippen LogP contribution in [-0.4, -0.2) is 24.7 Å². The minimum absolute atomic E-state index is 0.0240. The van der Waals surface area contributed by atoms with Gasteiger partial charge in [0.2, 0.25) is 5.89 Å². The van der Waals surface area contributed by atoms with E-state index in [2.05, 4.69) is 36.1 Å². The summed E-state index contributed by atoms with van der Waals surface area (Å²) in [5, 5.41) is 6.87. The van der Waals surface area contributed by atoms with Crippen LogP contribution in [0.4, 0.5) is 8.78 Å². The van der Waals surface area contributed by atoms with Crippen molar-refractivity contribution >= 4 is 15.9 Å². The highest BCUT2D eigenvalue weighted by atomic mass is 79.9. The van der Waals surface area contributed by atoms with Crippen molar-refractivity contribution in [1.29, 1.82) is 0 Å². The fourth-order valence-corrected chi connectivity index (χ4v) is 2.39. The Bertz CT molecular complexity index is 784. The molecule has 0 aliphatic carbocycles. The molecular formula is C13H10BrF2N5O. The van der Waals surface area contributed by atoms with Gasteiger partial charge in [0.25, 0.3) is 5.89 Å². The van der Waals surface area contributed by atoms with Gasteiger partial charge in [0, 0.05) is 12.4 Å². The molecular weight excluding hydrogens is 360 g/mol. The maximum Gasteiger partial charge on any atom is 0.314 e. The molecule has 22 heavy (non-hydrogen) atoms. The first-order chi connectivity index (χ1) is 10.5. The second-order valence-electron chi connectivity index (χ2n) is 4.52. The Hall–Kier alpha value is -2.16. The molecule has 0 N–H and O–H groups in total. The van der Waals surface area contributed by atoms with E-state index in [-0.39, 0.29) is 5.89 Å². The van der Waals surface area contributed by atoms with E-state index in [9.17, 15) is 8.78 Å². The van der Waals surface area contributed by atoms with Gasteiger partial charge in [0.15, 0.2) is 0 Å². The lowest BCUT2D eigenvalue weighted by Crippen LogP contribution is -2.02. The first-order valence-electron chi connectivity index (χ1n) is 6.29. The van der Waals surface area contributed by atoms with E-state index in [1.165, 1.54) is 6.20 Å². The summed E-state index contributed by atoms with van der Waals surface area (Å²) >= 11 is 3.31. The molecule has 114 valence electrons. The molecule has 0 atom stereocenters. The van der Waals surface area contributed by atoms with Crippen molar-refractivity contribution in [2.45, 2.75) is 19.9 Å². The molecule has 0 spiro atoms. The van der Waals surface area contributed by atoms with Gasteiger partial charge in [0.05, 0.1) is 17.8 Å². The van der Waals surface area contributed by atoms with Crippen LogP contribution < -0.4 is 0 Å². The highest BCUT2D eigenvalue weighted by molar-refractivity contribution is 9.10. The molecule has 0 saturated carbocycles. The Morgan fingerprint density at radius 1 is 1.32 bits per heavy atom. The van der Waals surface area contributed by atoms with Gasteiger partial charge >= 0.3 is 6.43 Å². The van der Waals surface area contributed by atoms with Crippen molar-refractivity contribution in [3.8, 4) is 11.5 Å². The van der Waals surface area contributed by atoms with Crippen LogP contribution in [0.25, 0.3) is 11.5 Å². The van der Waals surface area contributed by atoms with Crippen LogP contribution >= 0.6 is 15.9 Å². The predicted molar refractivity (Wildman–Crippen MR) is 76.3 cm³/mol. The number of hydrogen-bond acceptors (Lipinski definition) is 5. The third kappa shape index (κ3) is 3.03. The van der Waals surface area contributed by atoms with Crippen LogP contribution in [0.1, 0.15) is 23.8 Å². The average Bonchev–Trinajstić information content (AvgIpc) is 3.07. The van der Waals surface area contributed by atoms with Crippen LogP contribution in [0.3, 0.4) is 0 Å². The Kier molecular flexibility index (Phi) is 3.97. The summed E-state index contributed by atoms with van der Waals surface area (Å²) in [5.41, 5.74) is 1.29. The molecule has 0 aliphatic rings. The van der Waals surface area contributed by atoms with E-state index in [0.717, 1.165) is 16.1 Å². The zero-order chi connectivity index (χ0) is 15.7. The number of nitrogens with zero attached hydrogens (tertiary/aromatic N) is 5. The predicted octanol–water partition coefficient (Wildman–Crippen LogP) is 3.38. The lowest BCUT2D eigenvalue weighted by Gasteiger charge is -2.04. The first kappa shape index (κ1) is 14.8. The largest absolute Gasteiger partial charge is 0.415 e. The molecule has 0 amide bonds. The summed E-state index contributed by atoms with van der Waals surface area (Å²) in [6.07, 6.45) is 0.591. The van der Waals surface area contributed by atoms with E-state index < -0.39 is 12.3 Å². The molecule has 0 saturated heterocycles. The molecule has 0 fully saturated rings. The van der Waals surface area contributed by atoms with Crippen molar-refractivity contribution < 1.29 is 13.2 Å². The summed E-state index contributed by atoms with van der Waals surface area (Å²) in [6.45, 7) is 2.44. The van der Waals surface area contributed by atoms with Crippen molar-refractivity contribution in [3.05, 3.63) is 46.5 Å². The Morgan fingerprint density at radius 3 is 2.68 bits per heavy atom. The van der Waals surface area contributed by atoms with Crippen LogP contribution in [0.2, 0.25) is 0 Å². The monoisotopic (exact) mass is 369 g/mol. The molecule has 0 aliphatic heterocycles. The van der Waals surface area contributed by atoms with Gasteiger partial charge in [0.1, 0.15) is 10.4 Å². The number of pyridine rings is 1. The van der Waals surface area contributed by atoms with Crippen LogP contribution in [-0.2, 0) is 6.54 Å². The van der Waals surface area contributed by atoms with Gasteiger partial charge in [-0.05, 0) is 35.0 Å². The van der Waals surface area contributed by atoms with Crippen molar-refractivity contribution in [1.82, 2.24) is 24.7 Å². The fourth-order valence-electron chi connectivity index (χ4n) is 1.89. The molecule has 6 nitrogen and oxygen atoms in total. The van der Waals surface area contributed by atoms with Crippen LogP contribution in [0.5, 0.6) is 0 Å². The Labute approximate surface area is 132 Å². The van der Waals surface area contributed by atoms with Gasteiger partial charge < -0.3 is 8.98 Å². The molecule has 3 aromatic rings. The molecule has 0 unspecified atom stereocenters. The molecule has 0 aromatic carbocycles. The highest BCUT2D eigenvalue weighted by Gasteiger charge is 2.17. The van der Waals surface area contributed by atoms with Gasteiger partial charge in [-0.25, -0.2) is 4.98 Å². The Morgan fingerprint density at radius 2 is 2.14 bits per heavy atom. The zero-order valence-corrected chi connectivity index (χ0v) is 13.0. The van der Waals surface area contributed by atoms with Crippen LogP contribution in [0.15, 0.2) is 33.5 Å². The number of rotatable bonds is 4. The summed E-state index contributed by atoms with van der Waals surface area (Å²) in [4.78, 5) is 8.51. The number of hydrogen-bond donors (Lipinski definition) is 0. The van der Waals surface area contributed by atoms with E-state index in [1.54, 1.807) is 12.1 Å². The summed E-state index contributed by atoms with van der Waals surface area (Å²) in [5.74, 6) is 0.185. The third-order valence-electron chi connectivity index (χ3n) is 2.98. The van der Waals surface area contributed by atoms with Crippen molar-refractivity contribution in [2.24, 2.45) is 0 Å². The van der Waals surface area contributed by atoms with Gasteiger partial charge in [-0.3, -0.25) is 4.98 Å². The Balaban J connectivity index is 1.78. The normalized spacial score (nSPS) is 11.3. The van der Waals surface area contributed by atoms with Crippen molar-refractivity contribution in [2.75, 3.05) is 0 Å². The summed E-state index contributed by atoms with van der Waals surface area (Å²) < 4.78 is 32.4. The van der Waals surface area contributed by atoms with Crippen molar-refractivity contribution in [3.63, 3.8) is 0 Å². The maximum absolute atomic E-state index is 12.4. The lowest BCUT2D eigenvalue weighted by molar-refractivity contribution is 0.116. The number of aryl methyl sites for hydroxylation is 1. The third-order valence-corrected chi connectivity index (χ3v) is 3.36. The molecule has 0 radical (unpaired) electrons. The van der Waals surface area contributed by atoms with Crippen LogP contribution in [0, 0.1) is 6.92 Å². The highest BCUT2D eigenvalue weighted by Crippen LogP contribution is 2.22.